The molecule has 144 valence electrons. The standard InChI is InChI=1S/C20H25N3O3S/c1-25-18-9-8-16(10-19(18)26-2)22-12-14-4-6-15(7-5-14)20(24)23-17(11-21)13-27-3/h4-10,13,22H,11-12,21H2,1-3H3,(H,23,24)/b17-13+. The van der Waals surface area contributed by atoms with Gasteiger partial charge in [-0.1, -0.05) is 12.1 Å². The summed E-state index contributed by atoms with van der Waals surface area (Å²) < 4.78 is 10.5. The van der Waals surface area contributed by atoms with E-state index in [-0.39, 0.29) is 5.91 Å². The summed E-state index contributed by atoms with van der Waals surface area (Å²) in [5, 5.41) is 7.98. The third-order valence-electron chi connectivity index (χ3n) is 3.85. The second kappa shape index (κ2) is 10.5. The van der Waals surface area contributed by atoms with Gasteiger partial charge in [0.1, 0.15) is 0 Å². The molecule has 2 aromatic carbocycles. The van der Waals surface area contributed by atoms with E-state index in [0.717, 1.165) is 11.3 Å². The fraction of sp³-hybridized carbons (Fsp3) is 0.250. The Morgan fingerprint density at radius 3 is 2.41 bits per heavy atom. The van der Waals surface area contributed by atoms with Crippen molar-refractivity contribution in [3.8, 4) is 11.5 Å². The highest BCUT2D eigenvalue weighted by Crippen LogP contribution is 2.29. The number of ether oxygens (including phenoxy) is 2. The fourth-order valence-corrected chi connectivity index (χ4v) is 2.85. The summed E-state index contributed by atoms with van der Waals surface area (Å²) in [6, 6.07) is 13.1. The average molecular weight is 388 g/mol. The number of nitrogens with two attached hydrogens (primary N) is 1. The molecule has 2 aromatic rings. The molecule has 0 spiro atoms. The largest absolute Gasteiger partial charge is 0.493 e. The van der Waals surface area contributed by atoms with Crippen LogP contribution in [0.5, 0.6) is 11.5 Å². The van der Waals surface area contributed by atoms with Crippen molar-refractivity contribution in [3.05, 3.63) is 64.7 Å². The molecule has 0 saturated heterocycles. The summed E-state index contributed by atoms with van der Waals surface area (Å²) in [4.78, 5) is 12.3. The van der Waals surface area contributed by atoms with Crippen molar-refractivity contribution in [2.45, 2.75) is 6.54 Å². The first-order chi connectivity index (χ1) is 13.1. The Bertz CT molecular complexity index is 792. The van der Waals surface area contributed by atoms with Crippen molar-refractivity contribution in [2.75, 3.05) is 32.3 Å². The topological polar surface area (TPSA) is 85.6 Å². The number of methoxy groups -OCH3 is 2. The molecule has 6 nitrogen and oxygen atoms in total. The number of hydrogen-bond acceptors (Lipinski definition) is 6. The van der Waals surface area contributed by atoms with Crippen molar-refractivity contribution in [2.24, 2.45) is 5.73 Å². The summed E-state index contributed by atoms with van der Waals surface area (Å²) in [7, 11) is 3.21. The Morgan fingerprint density at radius 2 is 1.81 bits per heavy atom. The van der Waals surface area contributed by atoms with Crippen LogP contribution >= 0.6 is 11.8 Å². The zero-order valence-corrected chi connectivity index (χ0v) is 16.6. The normalized spacial score (nSPS) is 11.0. The minimum absolute atomic E-state index is 0.167. The molecule has 7 heteroatoms. The molecule has 0 atom stereocenters. The number of benzene rings is 2. The zero-order chi connectivity index (χ0) is 19.6. The summed E-state index contributed by atoms with van der Waals surface area (Å²) in [6.07, 6.45) is 1.92. The lowest BCUT2D eigenvalue weighted by Gasteiger charge is -2.12. The predicted octanol–water partition coefficient (Wildman–Crippen LogP) is 3.21. The van der Waals surface area contributed by atoms with E-state index in [9.17, 15) is 4.79 Å². The Balaban J connectivity index is 1.97. The van der Waals surface area contributed by atoms with Crippen molar-refractivity contribution in [1.29, 1.82) is 0 Å². The summed E-state index contributed by atoms with van der Waals surface area (Å²) in [5.41, 5.74) is 8.89. The lowest BCUT2D eigenvalue weighted by Crippen LogP contribution is -2.26. The maximum atomic E-state index is 12.3. The maximum Gasteiger partial charge on any atom is 0.255 e. The van der Waals surface area contributed by atoms with Crippen molar-refractivity contribution >= 4 is 23.4 Å². The van der Waals surface area contributed by atoms with E-state index in [2.05, 4.69) is 10.6 Å². The van der Waals surface area contributed by atoms with Gasteiger partial charge in [0.25, 0.3) is 5.91 Å². The van der Waals surface area contributed by atoms with Crippen LogP contribution < -0.4 is 25.8 Å². The number of hydrogen-bond donors (Lipinski definition) is 3. The minimum Gasteiger partial charge on any atom is -0.493 e. The number of anilines is 1. The predicted molar refractivity (Wildman–Crippen MR) is 111 cm³/mol. The van der Waals surface area contributed by atoms with Crippen molar-refractivity contribution < 1.29 is 14.3 Å². The molecule has 4 N–H and O–H groups in total. The van der Waals surface area contributed by atoms with Crippen molar-refractivity contribution in [1.82, 2.24) is 5.32 Å². The van der Waals surface area contributed by atoms with Crippen LogP contribution in [0.2, 0.25) is 0 Å². The maximum absolute atomic E-state index is 12.3. The van der Waals surface area contributed by atoms with Gasteiger partial charge < -0.3 is 25.8 Å². The van der Waals surface area contributed by atoms with Crippen LogP contribution in [0, 0.1) is 0 Å². The highest BCUT2D eigenvalue weighted by molar-refractivity contribution is 8.01. The average Bonchev–Trinajstić information content (AvgIpc) is 2.71. The number of thioether (sulfide) groups is 1. The molecule has 0 radical (unpaired) electrons. The fourth-order valence-electron chi connectivity index (χ4n) is 2.41. The van der Waals surface area contributed by atoms with E-state index < -0.39 is 0 Å². The van der Waals surface area contributed by atoms with Crippen molar-refractivity contribution in [3.63, 3.8) is 0 Å². The molecule has 0 aliphatic heterocycles. The van der Waals surface area contributed by atoms with Gasteiger partial charge in [-0.25, -0.2) is 0 Å². The second-order valence-corrected chi connectivity index (χ2v) is 6.36. The van der Waals surface area contributed by atoms with Gasteiger partial charge in [-0.3, -0.25) is 4.79 Å². The Hall–Kier alpha value is -2.64. The Kier molecular flexibility index (Phi) is 8.03. The molecule has 0 saturated carbocycles. The molecule has 0 aromatic heterocycles. The van der Waals surface area contributed by atoms with Gasteiger partial charge in [0.05, 0.1) is 14.2 Å². The van der Waals surface area contributed by atoms with Gasteiger partial charge in [-0.2, -0.15) is 0 Å². The Labute approximate surface area is 164 Å². The molecular weight excluding hydrogens is 362 g/mol. The van der Waals surface area contributed by atoms with E-state index in [1.54, 1.807) is 26.4 Å². The molecule has 0 heterocycles. The van der Waals surface area contributed by atoms with Crippen LogP contribution in [0.25, 0.3) is 0 Å². The van der Waals surface area contributed by atoms with Crippen LogP contribution in [0.3, 0.4) is 0 Å². The first-order valence-corrected chi connectivity index (χ1v) is 9.68. The highest BCUT2D eigenvalue weighted by atomic mass is 32.2. The monoisotopic (exact) mass is 387 g/mol. The molecule has 0 aliphatic rings. The molecule has 0 fully saturated rings. The molecule has 27 heavy (non-hydrogen) atoms. The van der Waals surface area contributed by atoms with Gasteiger partial charge >= 0.3 is 0 Å². The third-order valence-corrected chi connectivity index (χ3v) is 4.37. The minimum atomic E-state index is -0.167. The SMILES string of the molecule is COc1ccc(NCc2ccc(C(=O)N/C(=C/SC)CN)cc2)cc1OC. The molecule has 0 aliphatic carbocycles. The Morgan fingerprint density at radius 1 is 1.11 bits per heavy atom. The van der Waals surface area contributed by atoms with Crippen LogP contribution in [0.1, 0.15) is 15.9 Å². The lowest BCUT2D eigenvalue weighted by atomic mass is 10.1. The molecule has 2 rings (SSSR count). The van der Waals surface area contributed by atoms with Gasteiger partial charge in [0, 0.05) is 36.1 Å². The number of amides is 1. The van der Waals surface area contributed by atoms with Gasteiger partial charge in [0.15, 0.2) is 11.5 Å². The number of nitrogens with one attached hydrogen (secondary N) is 2. The smallest absolute Gasteiger partial charge is 0.255 e. The van der Waals surface area contributed by atoms with E-state index in [1.165, 1.54) is 11.8 Å². The summed E-state index contributed by atoms with van der Waals surface area (Å²) in [6.45, 7) is 0.914. The van der Waals surface area contributed by atoms with Crippen LogP contribution in [-0.2, 0) is 6.54 Å². The highest BCUT2D eigenvalue weighted by Gasteiger charge is 2.08. The first kappa shape index (κ1) is 20.7. The van der Waals surface area contributed by atoms with Gasteiger partial charge in [-0.15, -0.1) is 11.8 Å². The number of rotatable bonds is 9. The summed E-state index contributed by atoms with van der Waals surface area (Å²) >= 11 is 1.50. The molecule has 0 bridgehead atoms. The zero-order valence-electron chi connectivity index (χ0n) is 15.7. The summed E-state index contributed by atoms with van der Waals surface area (Å²) in [5.74, 6) is 1.19. The van der Waals surface area contributed by atoms with Crippen LogP contribution in [-0.4, -0.2) is 32.9 Å². The molecule has 1 amide bonds. The van der Waals surface area contributed by atoms with E-state index in [4.69, 9.17) is 15.2 Å². The van der Waals surface area contributed by atoms with Crippen LogP contribution in [0.15, 0.2) is 53.6 Å². The lowest BCUT2D eigenvalue weighted by molar-refractivity contribution is 0.0965. The van der Waals surface area contributed by atoms with Gasteiger partial charge in [0.2, 0.25) is 0 Å². The van der Waals surface area contributed by atoms with E-state index in [1.807, 2.05) is 42.0 Å². The quantitative estimate of drug-likeness (QED) is 0.613. The van der Waals surface area contributed by atoms with E-state index in [0.29, 0.717) is 35.8 Å². The first-order valence-electron chi connectivity index (χ1n) is 8.39. The number of carbonyl (C=O) groups excluding carboxylic acids is 1. The molecule has 0 unspecified atom stereocenters. The second-order valence-electron chi connectivity index (χ2n) is 5.66. The third kappa shape index (κ3) is 5.94. The van der Waals surface area contributed by atoms with E-state index >= 15 is 0 Å². The van der Waals surface area contributed by atoms with Crippen LogP contribution in [0.4, 0.5) is 5.69 Å². The molecular formula is C20H25N3O3S. The number of carbonyl (C=O) groups is 1. The van der Waals surface area contributed by atoms with Gasteiger partial charge in [-0.05, 0) is 41.5 Å².